The highest BCUT2D eigenvalue weighted by atomic mass is 15.1. The van der Waals surface area contributed by atoms with E-state index in [0.29, 0.717) is 0 Å². The van der Waals surface area contributed by atoms with Crippen molar-refractivity contribution in [2.45, 2.75) is 19.9 Å². The Bertz CT molecular complexity index is 743. The van der Waals surface area contributed by atoms with Crippen molar-refractivity contribution in [2.24, 2.45) is 7.05 Å². The topological polar surface area (TPSA) is 29.9 Å². The molecule has 102 valence electrons. The van der Waals surface area contributed by atoms with Gasteiger partial charge in [0.1, 0.15) is 5.82 Å². The molecule has 0 fully saturated rings. The van der Waals surface area contributed by atoms with E-state index < -0.39 is 0 Å². The lowest BCUT2D eigenvalue weighted by Crippen LogP contribution is -2.12. The van der Waals surface area contributed by atoms with Crippen molar-refractivity contribution in [3.63, 3.8) is 0 Å². The molecule has 3 nitrogen and oxygen atoms in total. The summed E-state index contributed by atoms with van der Waals surface area (Å²) in [6, 6.07) is 16.8. The Morgan fingerprint density at radius 1 is 1.10 bits per heavy atom. The van der Waals surface area contributed by atoms with Gasteiger partial charge in [-0.25, -0.2) is 4.98 Å². The first-order valence-electron chi connectivity index (χ1n) is 6.90. The maximum Gasteiger partial charge on any atom is 0.131 e. The van der Waals surface area contributed by atoms with Crippen LogP contribution in [0.1, 0.15) is 24.4 Å². The van der Waals surface area contributed by atoms with Crippen LogP contribution in [0.25, 0.3) is 11.0 Å². The second kappa shape index (κ2) is 5.00. The van der Waals surface area contributed by atoms with Gasteiger partial charge in [0.05, 0.1) is 17.1 Å². The smallest absolute Gasteiger partial charge is 0.131 e. The van der Waals surface area contributed by atoms with Crippen LogP contribution in [0.2, 0.25) is 0 Å². The number of nitrogens with one attached hydrogen (secondary N) is 1. The van der Waals surface area contributed by atoms with E-state index in [1.54, 1.807) is 0 Å². The van der Waals surface area contributed by atoms with Gasteiger partial charge in [-0.1, -0.05) is 24.3 Å². The molecule has 1 aromatic heterocycles. The van der Waals surface area contributed by atoms with Crippen LogP contribution in [0, 0.1) is 6.92 Å². The summed E-state index contributed by atoms with van der Waals surface area (Å²) in [5, 5.41) is 3.52. The van der Waals surface area contributed by atoms with Crippen LogP contribution in [-0.4, -0.2) is 9.55 Å². The lowest BCUT2D eigenvalue weighted by Gasteiger charge is -2.15. The summed E-state index contributed by atoms with van der Waals surface area (Å²) < 4.78 is 2.16. The minimum absolute atomic E-state index is 0.161. The Hall–Kier alpha value is -2.29. The molecule has 20 heavy (non-hydrogen) atoms. The summed E-state index contributed by atoms with van der Waals surface area (Å²) in [6.07, 6.45) is 0. The molecule has 3 heteroatoms. The Balaban J connectivity index is 1.92. The first-order valence-corrected chi connectivity index (χ1v) is 6.90. The van der Waals surface area contributed by atoms with Crippen LogP contribution < -0.4 is 5.32 Å². The molecule has 0 saturated heterocycles. The number of hydrogen-bond donors (Lipinski definition) is 1. The van der Waals surface area contributed by atoms with E-state index >= 15 is 0 Å². The normalized spacial score (nSPS) is 12.6. The molecule has 0 saturated carbocycles. The minimum Gasteiger partial charge on any atom is -0.375 e. The van der Waals surface area contributed by atoms with Crippen LogP contribution in [0.15, 0.2) is 48.5 Å². The van der Waals surface area contributed by atoms with E-state index in [4.69, 9.17) is 4.98 Å². The molecule has 1 heterocycles. The molecule has 3 rings (SSSR count). The number of para-hydroxylation sites is 2. The van der Waals surface area contributed by atoms with E-state index in [1.165, 1.54) is 11.1 Å². The Labute approximate surface area is 119 Å². The fraction of sp³-hybridized carbons (Fsp3) is 0.235. The first-order chi connectivity index (χ1) is 9.65. The summed E-state index contributed by atoms with van der Waals surface area (Å²) >= 11 is 0. The van der Waals surface area contributed by atoms with Gasteiger partial charge in [-0.2, -0.15) is 0 Å². The fourth-order valence-electron chi connectivity index (χ4n) is 2.60. The van der Waals surface area contributed by atoms with E-state index in [0.717, 1.165) is 17.0 Å². The SMILES string of the molecule is Cc1cccc(NC(C)c2nc3ccccc3n2C)c1. The van der Waals surface area contributed by atoms with Gasteiger partial charge in [-0.15, -0.1) is 0 Å². The van der Waals surface area contributed by atoms with Crippen molar-refractivity contribution in [1.29, 1.82) is 0 Å². The van der Waals surface area contributed by atoms with E-state index in [2.05, 4.69) is 67.2 Å². The Morgan fingerprint density at radius 2 is 1.90 bits per heavy atom. The maximum atomic E-state index is 4.73. The summed E-state index contributed by atoms with van der Waals surface area (Å²) in [4.78, 5) is 4.73. The molecular weight excluding hydrogens is 246 g/mol. The molecule has 1 atom stereocenters. The second-order valence-corrected chi connectivity index (χ2v) is 5.25. The lowest BCUT2D eigenvalue weighted by atomic mass is 10.2. The fourth-order valence-corrected chi connectivity index (χ4v) is 2.60. The largest absolute Gasteiger partial charge is 0.375 e. The molecule has 0 amide bonds. The van der Waals surface area contributed by atoms with E-state index in [9.17, 15) is 0 Å². The average Bonchev–Trinajstić information content (AvgIpc) is 2.77. The number of fused-ring (bicyclic) bond motifs is 1. The number of anilines is 1. The predicted molar refractivity (Wildman–Crippen MR) is 83.9 cm³/mol. The monoisotopic (exact) mass is 265 g/mol. The van der Waals surface area contributed by atoms with Gasteiger partial charge in [0.2, 0.25) is 0 Å². The highest BCUT2D eigenvalue weighted by Crippen LogP contribution is 2.22. The molecule has 0 radical (unpaired) electrons. The van der Waals surface area contributed by atoms with Gasteiger partial charge >= 0.3 is 0 Å². The number of aryl methyl sites for hydroxylation is 2. The zero-order valence-corrected chi connectivity index (χ0v) is 12.1. The van der Waals surface area contributed by atoms with Gasteiger partial charge < -0.3 is 9.88 Å². The van der Waals surface area contributed by atoms with Crippen molar-refractivity contribution >= 4 is 16.7 Å². The highest BCUT2D eigenvalue weighted by molar-refractivity contribution is 5.76. The molecule has 0 aliphatic carbocycles. The van der Waals surface area contributed by atoms with Gasteiger partial charge in [0.25, 0.3) is 0 Å². The molecule has 0 spiro atoms. The number of rotatable bonds is 3. The van der Waals surface area contributed by atoms with Crippen LogP contribution in [-0.2, 0) is 7.05 Å². The summed E-state index contributed by atoms with van der Waals surface area (Å²) in [7, 11) is 2.07. The molecule has 2 aromatic carbocycles. The predicted octanol–water partition coefficient (Wildman–Crippen LogP) is 4.05. The van der Waals surface area contributed by atoms with Crippen LogP contribution >= 0.6 is 0 Å². The van der Waals surface area contributed by atoms with Crippen LogP contribution in [0.5, 0.6) is 0 Å². The lowest BCUT2D eigenvalue weighted by molar-refractivity contribution is 0.734. The van der Waals surface area contributed by atoms with Crippen molar-refractivity contribution in [1.82, 2.24) is 9.55 Å². The molecule has 3 aromatic rings. The average molecular weight is 265 g/mol. The molecule has 0 aliphatic rings. The zero-order valence-electron chi connectivity index (χ0n) is 12.1. The quantitative estimate of drug-likeness (QED) is 0.774. The maximum absolute atomic E-state index is 4.73. The van der Waals surface area contributed by atoms with Gasteiger partial charge in [-0.3, -0.25) is 0 Å². The number of hydrogen-bond acceptors (Lipinski definition) is 2. The molecule has 1 N–H and O–H groups in total. The summed E-state index contributed by atoms with van der Waals surface area (Å²) in [5.41, 5.74) is 4.60. The summed E-state index contributed by atoms with van der Waals surface area (Å²) in [6.45, 7) is 4.24. The van der Waals surface area contributed by atoms with Crippen molar-refractivity contribution in [3.05, 3.63) is 59.9 Å². The molecule has 1 unspecified atom stereocenters. The number of benzene rings is 2. The third-order valence-electron chi connectivity index (χ3n) is 3.61. The Morgan fingerprint density at radius 3 is 2.65 bits per heavy atom. The van der Waals surface area contributed by atoms with E-state index in [1.807, 2.05) is 12.1 Å². The number of aromatic nitrogens is 2. The standard InChI is InChI=1S/C17H19N3/c1-12-7-6-8-14(11-12)18-13(2)17-19-15-9-4-5-10-16(15)20(17)3/h4-11,13,18H,1-3H3. The Kier molecular flexibility index (Phi) is 3.18. The zero-order chi connectivity index (χ0) is 14.1. The second-order valence-electron chi connectivity index (χ2n) is 5.25. The summed E-state index contributed by atoms with van der Waals surface area (Å²) in [5.74, 6) is 1.05. The third-order valence-corrected chi connectivity index (χ3v) is 3.61. The van der Waals surface area contributed by atoms with Crippen molar-refractivity contribution < 1.29 is 0 Å². The molecular formula is C17H19N3. The molecule has 0 aliphatic heterocycles. The van der Waals surface area contributed by atoms with E-state index in [-0.39, 0.29) is 6.04 Å². The molecule has 0 bridgehead atoms. The van der Waals surface area contributed by atoms with Gasteiger partial charge in [0, 0.05) is 12.7 Å². The number of nitrogens with zero attached hydrogens (tertiary/aromatic N) is 2. The van der Waals surface area contributed by atoms with Crippen molar-refractivity contribution in [3.8, 4) is 0 Å². The van der Waals surface area contributed by atoms with Gasteiger partial charge in [-0.05, 0) is 43.7 Å². The van der Waals surface area contributed by atoms with Crippen LogP contribution in [0.3, 0.4) is 0 Å². The van der Waals surface area contributed by atoms with Gasteiger partial charge in [0.15, 0.2) is 0 Å². The first kappa shape index (κ1) is 12.7. The van der Waals surface area contributed by atoms with Crippen LogP contribution in [0.4, 0.5) is 5.69 Å². The third kappa shape index (κ3) is 2.27. The highest BCUT2D eigenvalue weighted by Gasteiger charge is 2.13. The number of imidazole rings is 1. The minimum atomic E-state index is 0.161. The van der Waals surface area contributed by atoms with Crippen molar-refractivity contribution in [2.75, 3.05) is 5.32 Å².